The third-order valence-corrected chi connectivity index (χ3v) is 2.47. The largest absolute Gasteiger partial charge is 0.395 e. The third kappa shape index (κ3) is 5.14. The molecule has 92 valence electrons. The summed E-state index contributed by atoms with van der Waals surface area (Å²) in [5.74, 6) is 0. The molecule has 1 atom stereocenters. The first-order chi connectivity index (χ1) is 7.13. The van der Waals surface area contributed by atoms with Crippen LogP contribution in [0.1, 0.15) is 11.7 Å². The quantitative estimate of drug-likeness (QED) is 0.852. The number of likely N-dealkylation sites (N-methyl/N-ethyl adjacent to an activating group) is 1. The van der Waals surface area contributed by atoms with Crippen LogP contribution in [0.2, 0.25) is 5.02 Å². The third-order valence-electron chi connectivity index (χ3n) is 2.22. The van der Waals surface area contributed by atoms with Gasteiger partial charge in [0.15, 0.2) is 0 Å². The molecule has 1 aromatic rings. The first-order valence-corrected chi connectivity index (χ1v) is 5.24. The first-order valence-electron chi connectivity index (χ1n) is 4.86. The molecular weight excluding hydrogens is 249 g/mol. The van der Waals surface area contributed by atoms with E-state index < -0.39 is 6.10 Å². The van der Waals surface area contributed by atoms with E-state index in [1.54, 1.807) is 24.3 Å². The van der Waals surface area contributed by atoms with Gasteiger partial charge in [0.25, 0.3) is 0 Å². The molecule has 1 rings (SSSR count). The molecule has 0 aliphatic carbocycles. The Morgan fingerprint density at radius 1 is 1.31 bits per heavy atom. The molecule has 0 radical (unpaired) electrons. The fourth-order valence-electron chi connectivity index (χ4n) is 1.35. The van der Waals surface area contributed by atoms with Crippen molar-refractivity contribution in [2.75, 3.05) is 26.7 Å². The number of rotatable bonds is 5. The van der Waals surface area contributed by atoms with Gasteiger partial charge in [0.2, 0.25) is 0 Å². The van der Waals surface area contributed by atoms with Gasteiger partial charge in [0.05, 0.1) is 12.7 Å². The van der Waals surface area contributed by atoms with E-state index in [9.17, 15) is 5.11 Å². The molecule has 2 N–H and O–H groups in total. The van der Waals surface area contributed by atoms with E-state index in [4.69, 9.17) is 16.7 Å². The molecule has 0 unspecified atom stereocenters. The van der Waals surface area contributed by atoms with Gasteiger partial charge < -0.3 is 15.1 Å². The summed E-state index contributed by atoms with van der Waals surface area (Å²) >= 11 is 5.75. The molecule has 0 spiro atoms. The maximum atomic E-state index is 9.84. The lowest BCUT2D eigenvalue weighted by atomic mass is 10.1. The predicted molar refractivity (Wildman–Crippen MR) is 68.2 cm³/mol. The molecule has 0 fully saturated rings. The zero-order valence-corrected chi connectivity index (χ0v) is 10.7. The van der Waals surface area contributed by atoms with Gasteiger partial charge in [-0.15, -0.1) is 12.4 Å². The van der Waals surface area contributed by atoms with Crippen molar-refractivity contribution in [2.45, 2.75) is 6.10 Å². The predicted octanol–water partition coefficient (Wildman–Crippen LogP) is 1.72. The van der Waals surface area contributed by atoms with Crippen LogP contribution in [0.25, 0.3) is 0 Å². The molecule has 0 amide bonds. The Morgan fingerprint density at radius 2 is 1.88 bits per heavy atom. The smallest absolute Gasteiger partial charge is 0.0916 e. The van der Waals surface area contributed by atoms with Crippen LogP contribution in [-0.4, -0.2) is 41.9 Å². The summed E-state index contributed by atoms with van der Waals surface area (Å²) in [6, 6.07) is 7.12. The van der Waals surface area contributed by atoms with Crippen LogP contribution in [0.3, 0.4) is 0 Å². The van der Waals surface area contributed by atoms with E-state index in [0.717, 1.165) is 5.56 Å². The minimum absolute atomic E-state index is 0. The molecule has 1 aromatic carbocycles. The monoisotopic (exact) mass is 265 g/mol. The lowest BCUT2D eigenvalue weighted by molar-refractivity contribution is 0.115. The second-order valence-corrected chi connectivity index (χ2v) is 3.99. The Hall–Kier alpha value is -0.320. The number of halogens is 2. The van der Waals surface area contributed by atoms with Crippen molar-refractivity contribution in [2.24, 2.45) is 0 Å². The number of aliphatic hydroxyl groups excluding tert-OH is 2. The summed E-state index contributed by atoms with van der Waals surface area (Å²) in [4.78, 5) is 1.87. The molecule has 16 heavy (non-hydrogen) atoms. The maximum absolute atomic E-state index is 9.84. The van der Waals surface area contributed by atoms with Crippen molar-refractivity contribution in [3.05, 3.63) is 34.9 Å². The lowest BCUT2D eigenvalue weighted by Gasteiger charge is -2.19. The minimum Gasteiger partial charge on any atom is -0.395 e. The van der Waals surface area contributed by atoms with E-state index in [0.29, 0.717) is 18.1 Å². The number of aliphatic hydroxyl groups is 2. The lowest BCUT2D eigenvalue weighted by Crippen LogP contribution is -2.27. The minimum atomic E-state index is -0.543. The summed E-state index contributed by atoms with van der Waals surface area (Å²) in [5, 5.41) is 19.2. The van der Waals surface area contributed by atoms with Crippen molar-refractivity contribution < 1.29 is 10.2 Å². The Morgan fingerprint density at radius 3 is 2.38 bits per heavy atom. The second kappa shape index (κ2) is 7.87. The number of hydrogen-bond acceptors (Lipinski definition) is 3. The average Bonchev–Trinajstić information content (AvgIpc) is 2.18. The van der Waals surface area contributed by atoms with Gasteiger partial charge in [-0.2, -0.15) is 0 Å². The van der Waals surface area contributed by atoms with E-state index >= 15 is 0 Å². The highest BCUT2D eigenvalue weighted by Crippen LogP contribution is 2.16. The Bertz CT molecular complexity index is 293. The first kappa shape index (κ1) is 15.7. The van der Waals surface area contributed by atoms with E-state index in [-0.39, 0.29) is 19.0 Å². The Labute approximate surface area is 107 Å². The van der Waals surface area contributed by atoms with Gasteiger partial charge in [-0.1, -0.05) is 23.7 Å². The molecule has 5 heteroatoms. The van der Waals surface area contributed by atoms with Crippen molar-refractivity contribution in [1.29, 1.82) is 0 Å². The van der Waals surface area contributed by atoms with E-state index in [2.05, 4.69) is 0 Å². The maximum Gasteiger partial charge on any atom is 0.0916 e. The highest BCUT2D eigenvalue weighted by molar-refractivity contribution is 6.30. The zero-order chi connectivity index (χ0) is 11.3. The van der Waals surface area contributed by atoms with Gasteiger partial charge in [-0.3, -0.25) is 0 Å². The van der Waals surface area contributed by atoms with Gasteiger partial charge in [0, 0.05) is 18.1 Å². The summed E-state index contributed by atoms with van der Waals surface area (Å²) in [7, 11) is 1.86. The molecule has 0 saturated carbocycles. The molecule has 3 nitrogen and oxygen atoms in total. The summed E-state index contributed by atoms with van der Waals surface area (Å²) in [6.45, 7) is 1.16. The number of benzene rings is 1. The van der Waals surface area contributed by atoms with E-state index in [1.165, 1.54) is 0 Å². The molecule has 0 aliphatic heterocycles. The summed E-state index contributed by atoms with van der Waals surface area (Å²) in [5.41, 5.74) is 0.837. The average molecular weight is 266 g/mol. The van der Waals surface area contributed by atoms with Gasteiger partial charge in [-0.25, -0.2) is 0 Å². The van der Waals surface area contributed by atoms with Crippen LogP contribution in [0.4, 0.5) is 0 Å². The van der Waals surface area contributed by atoms with Gasteiger partial charge >= 0.3 is 0 Å². The fourth-order valence-corrected chi connectivity index (χ4v) is 1.47. The topological polar surface area (TPSA) is 43.7 Å². The zero-order valence-electron chi connectivity index (χ0n) is 9.14. The summed E-state index contributed by atoms with van der Waals surface area (Å²) < 4.78 is 0. The molecule has 0 heterocycles. The van der Waals surface area contributed by atoms with Crippen LogP contribution >= 0.6 is 24.0 Å². The van der Waals surface area contributed by atoms with E-state index in [1.807, 2.05) is 11.9 Å². The van der Waals surface area contributed by atoms with Gasteiger partial charge in [0.1, 0.15) is 0 Å². The highest BCUT2D eigenvalue weighted by atomic mass is 35.5. The normalized spacial score (nSPS) is 12.3. The SMILES string of the molecule is CN(CCO)C[C@H](O)c1ccc(Cl)cc1.Cl. The molecule has 0 aliphatic rings. The second-order valence-electron chi connectivity index (χ2n) is 3.55. The van der Waals surface area contributed by atoms with Crippen LogP contribution < -0.4 is 0 Å². The van der Waals surface area contributed by atoms with Crippen molar-refractivity contribution in [1.82, 2.24) is 4.90 Å². The standard InChI is InChI=1S/C11H16ClNO2.ClH/c1-13(6-7-14)8-11(15)9-2-4-10(12)5-3-9;/h2-5,11,14-15H,6-8H2,1H3;1H/t11-;/m0./s1. The fraction of sp³-hybridized carbons (Fsp3) is 0.455. The Balaban J connectivity index is 0.00000225. The molecule has 0 bridgehead atoms. The number of nitrogens with zero attached hydrogens (tertiary/aromatic N) is 1. The van der Waals surface area contributed by atoms with Crippen LogP contribution in [0.15, 0.2) is 24.3 Å². The van der Waals surface area contributed by atoms with Crippen LogP contribution in [0.5, 0.6) is 0 Å². The van der Waals surface area contributed by atoms with Crippen LogP contribution in [-0.2, 0) is 0 Å². The van der Waals surface area contributed by atoms with Crippen molar-refractivity contribution in [3.8, 4) is 0 Å². The molecule has 0 saturated heterocycles. The van der Waals surface area contributed by atoms with Crippen molar-refractivity contribution >= 4 is 24.0 Å². The van der Waals surface area contributed by atoms with Crippen LogP contribution in [0, 0.1) is 0 Å². The highest BCUT2D eigenvalue weighted by Gasteiger charge is 2.09. The Kier molecular flexibility index (Phi) is 7.72. The number of hydrogen-bond donors (Lipinski definition) is 2. The van der Waals surface area contributed by atoms with Gasteiger partial charge in [-0.05, 0) is 24.7 Å². The van der Waals surface area contributed by atoms with Crippen molar-refractivity contribution in [3.63, 3.8) is 0 Å². The molecule has 0 aromatic heterocycles. The molecular formula is C11H17Cl2NO2. The summed E-state index contributed by atoms with van der Waals surface area (Å²) in [6.07, 6.45) is -0.543.